The molecule has 0 aliphatic rings. The van der Waals surface area contributed by atoms with Crippen LogP contribution in [-0.2, 0) is 9.59 Å². The Labute approximate surface area is 141 Å². The van der Waals surface area contributed by atoms with Crippen molar-refractivity contribution in [3.63, 3.8) is 0 Å². The van der Waals surface area contributed by atoms with Gasteiger partial charge in [-0.15, -0.1) is 5.11 Å². The third kappa shape index (κ3) is 7.28. The van der Waals surface area contributed by atoms with E-state index < -0.39 is 17.0 Å². The summed E-state index contributed by atoms with van der Waals surface area (Å²) >= 11 is 0. The molecule has 0 heterocycles. The van der Waals surface area contributed by atoms with Gasteiger partial charge < -0.3 is 5.32 Å². The third-order valence-electron chi connectivity index (χ3n) is 3.09. The number of nitrogens with zero attached hydrogens (tertiary/aromatic N) is 7. The van der Waals surface area contributed by atoms with Crippen LogP contribution in [0.2, 0.25) is 0 Å². The van der Waals surface area contributed by atoms with Crippen LogP contribution in [0.5, 0.6) is 0 Å². The number of azide groups is 1. The maximum atomic E-state index is 12.2. The highest BCUT2D eigenvalue weighted by molar-refractivity contribution is 5.87. The zero-order valence-corrected chi connectivity index (χ0v) is 15.0. The van der Waals surface area contributed by atoms with E-state index in [-0.39, 0.29) is 12.5 Å². The molecule has 10 nitrogen and oxygen atoms in total. The molecule has 1 unspecified atom stereocenters. The molecular weight excluding hydrogens is 312 g/mol. The van der Waals surface area contributed by atoms with E-state index in [2.05, 4.69) is 35.8 Å². The first-order valence-electron chi connectivity index (χ1n) is 7.88. The molecule has 1 N–H and O–H groups in total. The average Bonchev–Trinajstić information content (AvgIpc) is 2.55. The Balaban J connectivity index is 5.32. The molecule has 0 aromatic carbocycles. The summed E-state index contributed by atoms with van der Waals surface area (Å²) in [6.45, 7) is 9.01. The Bertz CT molecular complexity index is 537. The van der Waals surface area contributed by atoms with Gasteiger partial charge in [-0.05, 0) is 39.6 Å². The lowest BCUT2D eigenvalue weighted by Gasteiger charge is -2.21. The van der Waals surface area contributed by atoms with E-state index in [1.165, 1.54) is 6.92 Å². The van der Waals surface area contributed by atoms with Gasteiger partial charge in [0.05, 0.1) is 13.1 Å². The summed E-state index contributed by atoms with van der Waals surface area (Å²) in [5.41, 5.74) is 5.85. The number of azo groups is 2. The molecule has 134 valence electrons. The standard InChI is InChI=1S/C14H26N8O2/c1-6-8-9-17-19-12(24)14(5,10-18-22-15)21-20-13(3,4)11(23)16-7-2/h6-10H2,1-5H3,(H,16,23). The second kappa shape index (κ2) is 10.4. The van der Waals surface area contributed by atoms with Crippen LogP contribution >= 0.6 is 0 Å². The van der Waals surface area contributed by atoms with Gasteiger partial charge in [0.15, 0.2) is 11.1 Å². The topological polar surface area (TPSA) is 144 Å². The number of amides is 2. The Kier molecular flexibility index (Phi) is 9.41. The maximum absolute atomic E-state index is 12.2. The van der Waals surface area contributed by atoms with E-state index in [1.54, 1.807) is 20.8 Å². The molecule has 0 saturated carbocycles. The maximum Gasteiger partial charge on any atom is 0.293 e. The van der Waals surface area contributed by atoms with Crippen LogP contribution in [0, 0.1) is 0 Å². The molecule has 2 amide bonds. The van der Waals surface area contributed by atoms with Crippen LogP contribution in [0.4, 0.5) is 0 Å². The van der Waals surface area contributed by atoms with Crippen molar-refractivity contribution in [2.75, 3.05) is 19.6 Å². The van der Waals surface area contributed by atoms with Crippen molar-refractivity contribution in [1.82, 2.24) is 5.32 Å². The van der Waals surface area contributed by atoms with Crippen molar-refractivity contribution in [2.24, 2.45) is 25.6 Å². The molecule has 24 heavy (non-hydrogen) atoms. The highest BCUT2D eigenvalue weighted by Gasteiger charge is 2.35. The van der Waals surface area contributed by atoms with Gasteiger partial charge in [0, 0.05) is 11.5 Å². The Morgan fingerprint density at radius 2 is 1.83 bits per heavy atom. The Hall–Kier alpha value is -2.35. The van der Waals surface area contributed by atoms with Crippen molar-refractivity contribution in [2.45, 2.75) is 58.5 Å². The van der Waals surface area contributed by atoms with Gasteiger partial charge in [-0.2, -0.15) is 15.3 Å². The van der Waals surface area contributed by atoms with Gasteiger partial charge in [0.2, 0.25) is 5.91 Å². The fourth-order valence-corrected chi connectivity index (χ4v) is 1.42. The van der Waals surface area contributed by atoms with Crippen LogP contribution in [0.25, 0.3) is 10.4 Å². The summed E-state index contributed by atoms with van der Waals surface area (Å²) in [4.78, 5) is 26.8. The molecule has 0 aromatic rings. The normalized spacial score (nSPS) is 14.4. The molecule has 0 rings (SSSR count). The molecule has 0 radical (unpaired) electrons. The summed E-state index contributed by atoms with van der Waals surface area (Å²) in [7, 11) is 0. The molecule has 0 spiro atoms. The summed E-state index contributed by atoms with van der Waals surface area (Å²) in [5, 5.41) is 21.4. The molecule has 0 fully saturated rings. The number of carbonyl (C=O) groups is 2. The van der Waals surface area contributed by atoms with Crippen LogP contribution in [-0.4, -0.2) is 42.5 Å². The summed E-state index contributed by atoms with van der Waals surface area (Å²) in [5.74, 6) is -0.988. The number of likely N-dealkylation sites (N-methyl/N-ethyl adjacent to an activating group) is 1. The second-order valence-corrected chi connectivity index (χ2v) is 5.91. The van der Waals surface area contributed by atoms with Crippen molar-refractivity contribution in [1.29, 1.82) is 0 Å². The highest BCUT2D eigenvalue weighted by atomic mass is 16.2. The summed E-state index contributed by atoms with van der Waals surface area (Å²) in [6.07, 6.45) is 1.75. The molecule has 1 atom stereocenters. The first-order chi connectivity index (χ1) is 11.2. The van der Waals surface area contributed by atoms with Crippen LogP contribution in [0.3, 0.4) is 0 Å². The van der Waals surface area contributed by atoms with Crippen molar-refractivity contribution < 1.29 is 9.59 Å². The molecule has 0 aliphatic heterocycles. The number of hydrogen-bond donors (Lipinski definition) is 1. The number of rotatable bonds is 10. The van der Waals surface area contributed by atoms with E-state index in [4.69, 9.17) is 5.53 Å². The van der Waals surface area contributed by atoms with E-state index in [0.29, 0.717) is 13.1 Å². The van der Waals surface area contributed by atoms with E-state index >= 15 is 0 Å². The lowest BCUT2D eigenvalue weighted by molar-refractivity contribution is -0.126. The van der Waals surface area contributed by atoms with Gasteiger partial charge in [0.1, 0.15) is 0 Å². The smallest absolute Gasteiger partial charge is 0.293 e. The zero-order valence-electron chi connectivity index (χ0n) is 15.0. The zero-order chi connectivity index (χ0) is 18.6. The molecule has 0 aromatic heterocycles. The van der Waals surface area contributed by atoms with Gasteiger partial charge >= 0.3 is 0 Å². The molecule has 0 aliphatic carbocycles. The number of nitrogens with one attached hydrogen (secondary N) is 1. The molecule has 0 saturated heterocycles. The second-order valence-electron chi connectivity index (χ2n) is 5.91. The van der Waals surface area contributed by atoms with Crippen LogP contribution < -0.4 is 5.32 Å². The average molecular weight is 338 g/mol. The number of carbonyl (C=O) groups excluding carboxylic acids is 2. The summed E-state index contributed by atoms with van der Waals surface area (Å²) in [6, 6.07) is 0. The monoisotopic (exact) mass is 338 g/mol. The largest absolute Gasteiger partial charge is 0.354 e. The quantitative estimate of drug-likeness (QED) is 0.282. The number of unbranched alkanes of at least 4 members (excludes halogenated alkanes) is 1. The molecule has 10 heteroatoms. The van der Waals surface area contributed by atoms with E-state index in [0.717, 1.165) is 12.8 Å². The summed E-state index contributed by atoms with van der Waals surface area (Å²) < 4.78 is 0. The molecule has 0 bridgehead atoms. The SMILES string of the molecule is CCCCN=NC(=O)C(C)(CN=[N+]=[N-])N=NC(C)(C)C(=O)NCC. The van der Waals surface area contributed by atoms with Crippen molar-refractivity contribution in [3.05, 3.63) is 10.4 Å². The minimum Gasteiger partial charge on any atom is -0.354 e. The number of hydrogen-bond acceptors (Lipinski definition) is 6. The van der Waals surface area contributed by atoms with E-state index in [9.17, 15) is 9.59 Å². The fraction of sp³-hybridized carbons (Fsp3) is 0.857. The first kappa shape index (κ1) is 21.6. The van der Waals surface area contributed by atoms with Crippen LogP contribution in [0.15, 0.2) is 25.6 Å². The lowest BCUT2D eigenvalue weighted by atomic mass is 10.0. The predicted molar refractivity (Wildman–Crippen MR) is 89.7 cm³/mol. The van der Waals surface area contributed by atoms with Gasteiger partial charge in [-0.3, -0.25) is 9.59 Å². The van der Waals surface area contributed by atoms with Crippen molar-refractivity contribution in [3.8, 4) is 0 Å². The highest BCUT2D eigenvalue weighted by Crippen LogP contribution is 2.19. The van der Waals surface area contributed by atoms with Gasteiger partial charge in [0.25, 0.3) is 5.91 Å². The first-order valence-corrected chi connectivity index (χ1v) is 7.88. The lowest BCUT2D eigenvalue weighted by Crippen LogP contribution is -2.42. The third-order valence-corrected chi connectivity index (χ3v) is 3.09. The van der Waals surface area contributed by atoms with Crippen LogP contribution in [0.1, 0.15) is 47.5 Å². The minimum absolute atomic E-state index is 0.260. The van der Waals surface area contributed by atoms with Crippen molar-refractivity contribution >= 4 is 11.8 Å². The van der Waals surface area contributed by atoms with Gasteiger partial charge in [-0.25, -0.2) is 0 Å². The Morgan fingerprint density at radius 3 is 2.38 bits per heavy atom. The van der Waals surface area contributed by atoms with E-state index in [1.807, 2.05) is 6.92 Å². The van der Waals surface area contributed by atoms with Gasteiger partial charge in [-0.1, -0.05) is 18.5 Å². The minimum atomic E-state index is -1.49. The predicted octanol–water partition coefficient (Wildman–Crippen LogP) is 3.20. The fourth-order valence-electron chi connectivity index (χ4n) is 1.42. The molecular formula is C14H26N8O2. The Morgan fingerprint density at radius 1 is 1.17 bits per heavy atom.